The van der Waals surface area contributed by atoms with E-state index < -0.39 is 23.9 Å². The number of carbonyl (C=O) groups is 5. The van der Waals surface area contributed by atoms with Crippen LogP contribution < -0.4 is 42.1 Å². The van der Waals surface area contributed by atoms with Gasteiger partial charge in [-0.2, -0.15) is 0 Å². The number of nitrogens with zero attached hydrogens (tertiary/aromatic N) is 8. The first-order chi connectivity index (χ1) is 32.7. The fourth-order valence-electron chi connectivity index (χ4n) is 7.91. The molecule has 4 aliphatic heterocycles. The van der Waals surface area contributed by atoms with Crippen LogP contribution in [0, 0.1) is 11.8 Å². The maximum Gasteiger partial charge on any atom is 0.326 e. The van der Waals surface area contributed by atoms with Crippen LogP contribution in [-0.2, 0) is 16.1 Å². The van der Waals surface area contributed by atoms with Gasteiger partial charge in [0.1, 0.15) is 17.1 Å². The number of pyridine rings is 2. The van der Waals surface area contributed by atoms with Crippen LogP contribution in [0.3, 0.4) is 0 Å². The molecule has 67 heavy (non-hydrogen) atoms. The van der Waals surface area contributed by atoms with Gasteiger partial charge in [-0.15, -0.1) is 0 Å². The molecule has 19 heteroatoms. The van der Waals surface area contributed by atoms with E-state index in [2.05, 4.69) is 79.5 Å². The van der Waals surface area contributed by atoms with Crippen molar-refractivity contribution >= 4 is 76.0 Å². The Morgan fingerprint density at radius 1 is 0.582 bits per heavy atom. The molecule has 19 nitrogen and oxygen atoms in total. The van der Waals surface area contributed by atoms with Crippen LogP contribution in [-0.4, -0.2) is 99.3 Å². The average molecular weight is 903 g/mol. The number of nitrogens with one attached hydrogen (secondary N) is 5. The molecule has 0 aliphatic carbocycles. The number of rotatable bonds is 10. The highest BCUT2D eigenvalue weighted by atomic mass is 16.2. The Labute approximate surface area is 385 Å². The smallest absolute Gasteiger partial charge is 0.326 e. The second-order valence-corrected chi connectivity index (χ2v) is 16.3. The summed E-state index contributed by atoms with van der Waals surface area (Å²) < 4.78 is 0. The largest absolute Gasteiger partial charge is 0.341 e. The summed E-state index contributed by atoms with van der Waals surface area (Å²) in [5.41, 5.74) is 10.7. The second-order valence-electron chi connectivity index (χ2n) is 16.3. The number of imide groups is 2. The van der Waals surface area contributed by atoms with Crippen LogP contribution in [0.1, 0.15) is 53.3 Å². The SMILES string of the molecule is NCC1CCN(c2nccc(/C=C3\NC(=O)NC3=O)n2)CC1.O=C1NC(=O)/C(=C/c2ccnc(N3CCC(CNCc4ccc5ccccc5n4)CC3)n2)N1.O=Cc1ccc2ccccc2n1. The summed E-state index contributed by atoms with van der Waals surface area (Å²) in [7, 11) is 0. The molecule has 4 fully saturated rings. The van der Waals surface area contributed by atoms with Gasteiger partial charge in [0.15, 0.2) is 6.29 Å². The molecular formula is C48H50N14O5. The van der Waals surface area contributed by atoms with E-state index in [4.69, 9.17) is 10.7 Å². The van der Waals surface area contributed by atoms with Crippen molar-refractivity contribution in [2.45, 2.75) is 32.2 Å². The maximum absolute atomic E-state index is 11.7. The lowest BCUT2D eigenvalue weighted by Crippen LogP contribution is -2.38. The predicted molar refractivity (Wildman–Crippen MR) is 253 cm³/mol. The number of amides is 6. The van der Waals surface area contributed by atoms with Gasteiger partial charge in [-0.3, -0.25) is 30.0 Å². The topological polar surface area (TPSA) is 255 Å². The number of anilines is 2. The minimum atomic E-state index is -0.521. The van der Waals surface area contributed by atoms with E-state index in [0.717, 1.165) is 105 Å². The molecule has 0 atom stereocenters. The first-order valence-electron chi connectivity index (χ1n) is 22.1. The molecule has 4 aliphatic rings. The van der Waals surface area contributed by atoms with Gasteiger partial charge in [0.05, 0.1) is 28.1 Å². The molecule has 0 unspecified atom stereocenters. The fraction of sp³-hybridized carbons (Fsp3) is 0.271. The minimum Gasteiger partial charge on any atom is -0.341 e. The van der Waals surface area contributed by atoms with Crippen molar-refractivity contribution in [2.24, 2.45) is 17.6 Å². The fourth-order valence-corrected chi connectivity index (χ4v) is 7.91. The molecule has 0 saturated carbocycles. The summed E-state index contributed by atoms with van der Waals surface area (Å²) in [5.74, 6) is 1.53. The Morgan fingerprint density at radius 3 is 1.60 bits per heavy atom. The molecule has 4 saturated heterocycles. The number of hydrogen-bond donors (Lipinski definition) is 6. The Kier molecular flexibility index (Phi) is 14.8. The van der Waals surface area contributed by atoms with Crippen molar-refractivity contribution in [1.82, 2.24) is 56.5 Å². The van der Waals surface area contributed by atoms with Crippen LogP contribution in [0.15, 0.2) is 109 Å². The van der Waals surface area contributed by atoms with Gasteiger partial charge >= 0.3 is 12.1 Å². The van der Waals surface area contributed by atoms with Crippen molar-refractivity contribution in [3.63, 3.8) is 0 Å². The molecule has 342 valence electrons. The second kappa shape index (κ2) is 21.8. The van der Waals surface area contributed by atoms with E-state index in [1.807, 2.05) is 48.5 Å². The molecular weight excluding hydrogens is 853 g/mol. The molecule has 2 aromatic carbocycles. The zero-order valence-electron chi connectivity index (χ0n) is 36.6. The van der Waals surface area contributed by atoms with Gasteiger partial charge in [0.2, 0.25) is 11.9 Å². The Morgan fingerprint density at radius 2 is 1.09 bits per heavy atom. The summed E-state index contributed by atoms with van der Waals surface area (Å²) in [4.78, 5) is 86.8. The lowest BCUT2D eigenvalue weighted by Gasteiger charge is -2.32. The highest BCUT2D eigenvalue weighted by Gasteiger charge is 2.26. The monoisotopic (exact) mass is 902 g/mol. The lowest BCUT2D eigenvalue weighted by atomic mass is 9.97. The lowest BCUT2D eigenvalue weighted by molar-refractivity contribution is -0.116. The Bertz CT molecular complexity index is 2840. The zero-order valence-corrected chi connectivity index (χ0v) is 36.6. The third-order valence-electron chi connectivity index (χ3n) is 11.6. The molecule has 0 bridgehead atoms. The number of aldehydes is 1. The number of benzene rings is 2. The third kappa shape index (κ3) is 12.2. The standard InChI is InChI=1S/C24H25N7O2.C14H18N6O2.C10H7NO/c32-22-21(29-24(33)30-22)13-18-7-10-26-23(28-18)31-11-8-16(9-12-31)14-25-15-19-6-5-17-3-1-2-4-20(17)27-19;15-8-9-2-5-20(6-3-9)13-16-4-1-10(17-13)7-11-12(21)19-14(22)18-11;12-7-9-6-5-8-3-1-2-4-10(8)11-9/h1-7,10,13,16,25H,8-9,11-12,14-15H2,(H2,29,30,32,33);1,4,7,9H,2-3,5-6,8,15H2,(H2,18,19,21,22);1-7H/b21-13-;11-7-;. The van der Waals surface area contributed by atoms with Crippen LogP contribution >= 0.6 is 0 Å². The van der Waals surface area contributed by atoms with Crippen molar-refractivity contribution < 1.29 is 24.0 Å². The molecule has 4 aromatic heterocycles. The molecule has 8 heterocycles. The van der Waals surface area contributed by atoms with E-state index in [1.165, 1.54) is 6.08 Å². The quantitative estimate of drug-likeness (QED) is 0.0643. The van der Waals surface area contributed by atoms with E-state index in [9.17, 15) is 24.0 Å². The van der Waals surface area contributed by atoms with Crippen molar-refractivity contribution in [2.75, 3.05) is 49.1 Å². The van der Waals surface area contributed by atoms with Gasteiger partial charge in [0, 0.05) is 55.9 Å². The number of nitrogens with two attached hydrogens (primary N) is 1. The van der Waals surface area contributed by atoms with Crippen molar-refractivity contribution in [3.8, 4) is 0 Å². The number of aromatic nitrogens is 6. The number of urea groups is 2. The van der Waals surface area contributed by atoms with Crippen LogP contribution in [0.5, 0.6) is 0 Å². The van der Waals surface area contributed by atoms with Crippen molar-refractivity contribution in [1.29, 1.82) is 0 Å². The number of fused-ring (bicyclic) bond motifs is 2. The molecule has 6 amide bonds. The highest BCUT2D eigenvalue weighted by Crippen LogP contribution is 2.22. The van der Waals surface area contributed by atoms with Crippen LogP contribution in [0.4, 0.5) is 21.5 Å². The van der Waals surface area contributed by atoms with Crippen LogP contribution in [0.25, 0.3) is 34.0 Å². The summed E-state index contributed by atoms with van der Waals surface area (Å²) in [6.45, 7) is 5.92. The molecule has 0 spiro atoms. The first kappa shape index (κ1) is 45.5. The zero-order chi connectivity index (χ0) is 46.5. The van der Waals surface area contributed by atoms with Gasteiger partial charge in [-0.05, 0) is 99.2 Å². The summed E-state index contributed by atoms with van der Waals surface area (Å²) in [6.07, 6.45) is 11.3. The number of para-hydroxylation sites is 2. The predicted octanol–water partition coefficient (Wildman–Crippen LogP) is 4.09. The van der Waals surface area contributed by atoms with Gasteiger partial charge in [-0.25, -0.2) is 34.5 Å². The summed E-state index contributed by atoms with van der Waals surface area (Å²) >= 11 is 0. The van der Waals surface area contributed by atoms with Crippen molar-refractivity contribution in [3.05, 3.63) is 131 Å². The van der Waals surface area contributed by atoms with E-state index >= 15 is 0 Å². The summed E-state index contributed by atoms with van der Waals surface area (Å²) in [5, 5.41) is 15.0. The average Bonchev–Trinajstić information content (AvgIpc) is 3.86. The third-order valence-corrected chi connectivity index (χ3v) is 11.6. The molecule has 0 radical (unpaired) electrons. The molecule has 7 N–H and O–H groups in total. The molecule has 6 aromatic rings. The Hall–Kier alpha value is -8.03. The summed E-state index contributed by atoms with van der Waals surface area (Å²) in [6, 6.07) is 26.1. The number of carbonyl (C=O) groups excluding carboxylic acids is 5. The first-order valence-corrected chi connectivity index (χ1v) is 22.1. The highest BCUT2D eigenvalue weighted by molar-refractivity contribution is 6.14. The van der Waals surface area contributed by atoms with Gasteiger partial charge in [0.25, 0.3) is 11.8 Å². The van der Waals surface area contributed by atoms with Gasteiger partial charge in [-0.1, -0.05) is 48.5 Å². The maximum atomic E-state index is 11.7. The van der Waals surface area contributed by atoms with Gasteiger partial charge < -0.3 is 31.5 Å². The van der Waals surface area contributed by atoms with E-state index in [0.29, 0.717) is 40.8 Å². The molecule has 10 rings (SSSR count). The minimum absolute atomic E-state index is 0.190. The van der Waals surface area contributed by atoms with Crippen LogP contribution in [0.2, 0.25) is 0 Å². The Balaban J connectivity index is 0.000000153. The van der Waals surface area contributed by atoms with E-state index in [-0.39, 0.29) is 11.4 Å². The van der Waals surface area contributed by atoms with E-state index in [1.54, 1.807) is 36.7 Å². The number of hydrogen-bond acceptors (Lipinski definition) is 15. The number of piperidine rings is 2. The normalized spacial score (nSPS) is 17.6.